The molecule has 1 atom stereocenters. The van der Waals surface area contributed by atoms with E-state index in [1.165, 1.54) is 12.4 Å². The highest BCUT2D eigenvalue weighted by Gasteiger charge is 2.52. The molecule has 0 amide bonds. The second-order valence-corrected chi connectivity index (χ2v) is 10.7. The van der Waals surface area contributed by atoms with Gasteiger partial charge in [-0.2, -0.15) is 0 Å². The van der Waals surface area contributed by atoms with Crippen LogP contribution in [0.3, 0.4) is 0 Å². The first kappa shape index (κ1) is 24.1. The molecule has 2 aliphatic rings. The third-order valence-corrected chi connectivity index (χ3v) is 7.85. The Bertz CT molecular complexity index is 1240. The molecule has 8 nitrogen and oxygen atoms in total. The van der Waals surface area contributed by atoms with Gasteiger partial charge in [-0.25, -0.2) is 4.31 Å². The van der Waals surface area contributed by atoms with Crippen molar-refractivity contribution in [2.45, 2.75) is 13.0 Å². The Labute approximate surface area is 218 Å². The highest BCUT2D eigenvalue weighted by molar-refractivity contribution is 7.96. The van der Waals surface area contributed by atoms with Crippen LogP contribution in [0.25, 0.3) is 0 Å². The number of ether oxygens (including phenoxy) is 1. The summed E-state index contributed by atoms with van der Waals surface area (Å²) in [6, 6.07) is 8.91. The van der Waals surface area contributed by atoms with Crippen LogP contribution in [-0.2, 0) is 0 Å². The van der Waals surface area contributed by atoms with Crippen LogP contribution < -0.4 is 15.4 Å². The number of nitrogens with two attached hydrogens (primary N) is 1. The highest BCUT2D eigenvalue weighted by atomic mass is 35.5. The Morgan fingerprint density at radius 2 is 1.83 bits per heavy atom. The van der Waals surface area contributed by atoms with Gasteiger partial charge < -0.3 is 15.4 Å². The summed E-state index contributed by atoms with van der Waals surface area (Å²) in [6.45, 7) is 6.07. The Morgan fingerprint density at radius 3 is 2.46 bits per heavy atom. The van der Waals surface area contributed by atoms with E-state index < -0.39 is 6.10 Å². The zero-order valence-electron chi connectivity index (χ0n) is 19.3. The van der Waals surface area contributed by atoms with Crippen LogP contribution in [0.2, 0.25) is 10.0 Å². The Kier molecular flexibility index (Phi) is 6.52. The minimum absolute atomic E-state index is 0.175. The number of nitrogens with one attached hydrogen (secondary N) is 1. The molecule has 0 saturated carbocycles. The van der Waals surface area contributed by atoms with Gasteiger partial charge in [0.2, 0.25) is 0 Å². The Hall–Kier alpha value is -2.59. The molecule has 2 aliphatic heterocycles. The summed E-state index contributed by atoms with van der Waals surface area (Å²) in [4.78, 5) is 6.21. The molecule has 5 rings (SSSR count). The molecule has 2 saturated heterocycles. The van der Waals surface area contributed by atoms with Crippen molar-refractivity contribution in [2.75, 3.05) is 43.1 Å². The molecule has 182 valence electrons. The quantitative estimate of drug-likeness (QED) is 0.257. The lowest BCUT2D eigenvalue weighted by molar-refractivity contribution is 0.0473. The van der Waals surface area contributed by atoms with E-state index in [9.17, 15) is 0 Å². The summed E-state index contributed by atoms with van der Waals surface area (Å²) >= 11 is 14.3. The highest BCUT2D eigenvalue weighted by Crippen LogP contribution is 2.43. The van der Waals surface area contributed by atoms with Crippen LogP contribution in [0.5, 0.6) is 5.75 Å². The standard InChI is InChI=1S/C24H25Cl2N7OS/c1-14(22-17(25)8-29-9-18(22)26)34-15-3-4-19(27)16(7-15)23(28)20-5-6-21(31-30-20)32-10-24(11-32)12-33(13-24)35-2/h3-9,14,28H,10-13,27H2,1-2H3/t14-/m1/s1. The first-order chi connectivity index (χ1) is 16.8. The van der Waals surface area contributed by atoms with E-state index in [1.807, 2.05) is 19.1 Å². The number of hydrogen-bond acceptors (Lipinski definition) is 9. The van der Waals surface area contributed by atoms with Crippen LogP contribution in [0, 0.1) is 10.8 Å². The van der Waals surface area contributed by atoms with Crippen LogP contribution in [-0.4, -0.2) is 57.6 Å². The number of halogens is 2. The van der Waals surface area contributed by atoms with E-state index in [-0.39, 0.29) is 5.71 Å². The van der Waals surface area contributed by atoms with E-state index in [1.54, 1.807) is 30.1 Å². The second kappa shape index (κ2) is 9.46. The Balaban J connectivity index is 1.28. The lowest BCUT2D eigenvalue weighted by Crippen LogP contribution is -2.70. The van der Waals surface area contributed by atoms with Gasteiger partial charge in [-0.3, -0.25) is 10.4 Å². The van der Waals surface area contributed by atoms with E-state index >= 15 is 0 Å². The van der Waals surface area contributed by atoms with E-state index in [0.29, 0.717) is 43.7 Å². The van der Waals surface area contributed by atoms with Gasteiger partial charge in [-0.15, -0.1) is 10.2 Å². The SMILES string of the molecule is CSN1CC2(C1)CN(c1ccc(C(=N)c3cc(O[C@H](C)c4c(Cl)cncc4Cl)ccc3N)nn1)C2. The van der Waals surface area contributed by atoms with Crippen molar-refractivity contribution in [3.8, 4) is 5.75 Å². The first-order valence-corrected chi connectivity index (χ1v) is 13.0. The normalized spacial score (nSPS) is 17.5. The van der Waals surface area contributed by atoms with Gasteiger partial charge in [0.1, 0.15) is 17.5 Å². The number of nitrogens with zero attached hydrogens (tertiary/aromatic N) is 5. The fourth-order valence-corrected chi connectivity index (χ4v) is 6.10. The lowest BCUT2D eigenvalue weighted by atomic mass is 9.74. The number of pyridine rings is 1. The van der Waals surface area contributed by atoms with Crippen LogP contribution in [0.15, 0.2) is 42.7 Å². The fourth-order valence-electron chi connectivity index (χ4n) is 4.62. The molecule has 2 aromatic heterocycles. The number of hydrogen-bond donors (Lipinski definition) is 2. The minimum Gasteiger partial charge on any atom is -0.486 e. The molecule has 11 heteroatoms. The topological polar surface area (TPSA) is 104 Å². The Morgan fingerprint density at radius 1 is 1.11 bits per heavy atom. The first-order valence-electron chi connectivity index (χ1n) is 11.1. The maximum Gasteiger partial charge on any atom is 0.151 e. The number of nitrogen functional groups attached to an aromatic ring is 1. The van der Waals surface area contributed by atoms with Gasteiger partial charge >= 0.3 is 0 Å². The number of benzene rings is 1. The largest absolute Gasteiger partial charge is 0.486 e. The summed E-state index contributed by atoms with van der Waals surface area (Å²) in [6.07, 6.45) is 4.74. The van der Waals surface area contributed by atoms with Crippen LogP contribution in [0.1, 0.15) is 29.8 Å². The zero-order chi connectivity index (χ0) is 24.7. The van der Waals surface area contributed by atoms with Crippen molar-refractivity contribution in [3.05, 3.63) is 69.6 Å². The molecule has 4 heterocycles. The minimum atomic E-state index is -0.429. The average Bonchev–Trinajstić information content (AvgIpc) is 2.78. The molecule has 3 aromatic rings. The van der Waals surface area contributed by atoms with Gasteiger partial charge in [0.05, 0.1) is 15.8 Å². The van der Waals surface area contributed by atoms with Gasteiger partial charge in [0, 0.05) is 60.8 Å². The molecular weight excluding hydrogens is 505 g/mol. The summed E-state index contributed by atoms with van der Waals surface area (Å²) in [7, 11) is 0. The molecule has 0 unspecified atom stereocenters. The molecular formula is C24H25Cl2N7OS. The van der Waals surface area contributed by atoms with Crippen molar-refractivity contribution >= 4 is 52.4 Å². The summed E-state index contributed by atoms with van der Waals surface area (Å²) in [5, 5.41) is 18.2. The molecule has 0 radical (unpaired) electrons. The van der Waals surface area contributed by atoms with Gasteiger partial charge in [-0.05, 0) is 43.5 Å². The molecule has 0 bridgehead atoms. The number of anilines is 2. The molecule has 3 N–H and O–H groups in total. The monoisotopic (exact) mass is 529 g/mol. The molecule has 35 heavy (non-hydrogen) atoms. The van der Waals surface area contributed by atoms with E-state index in [0.717, 1.165) is 32.0 Å². The second-order valence-electron chi connectivity index (χ2n) is 9.01. The summed E-state index contributed by atoms with van der Waals surface area (Å²) in [5.41, 5.74) is 8.82. The molecule has 2 fully saturated rings. The number of aromatic nitrogens is 3. The predicted molar refractivity (Wildman–Crippen MR) is 142 cm³/mol. The van der Waals surface area contributed by atoms with Gasteiger partial charge in [0.15, 0.2) is 5.82 Å². The van der Waals surface area contributed by atoms with Gasteiger partial charge in [0.25, 0.3) is 0 Å². The third-order valence-electron chi connectivity index (χ3n) is 6.47. The maximum absolute atomic E-state index is 8.70. The van der Waals surface area contributed by atoms with E-state index in [4.69, 9.17) is 39.1 Å². The van der Waals surface area contributed by atoms with Crippen molar-refractivity contribution in [1.82, 2.24) is 19.5 Å². The number of rotatable bonds is 7. The maximum atomic E-state index is 8.70. The van der Waals surface area contributed by atoms with Crippen LogP contribution >= 0.6 is 35.1 Å². The van der Waals surface area contributed by atoms with Crippen molar-refractivity contribution in [1.29, 1.82) is 5.41 Å². The summed E-state index contributed by atoms with van der Waals surface area (Å²) in [5.74, 6) is 1.37. The van der Waals surface area contributed by atoms with Crippen molar-refractivity contribution < 1.29 is 4.74 Å². The smallest absolute Gasteiger partial charge is 0.151 e. The molecule has 1 aromatic carbocycles. The van der Waals surface area contributed by atoms with Gasteiger partial charge in [-0.1, -0.05) is 35.1 Å². The van der Waals surface area contributed by atoms with E-state index in [2.05, 4.69) is 30.6 Å². The van der Waals surface area contributed by atoms with Crippen molar-refractivity contribution in [3.63, 3.8) is 0 Å². The predicted octanol–water partition coefficient (Wildman–Crippen LogP) is 4.72. The third kappa shape index (κ3) is 4.65. The lowest BCUT2D eigenvalue weighted by Gasteiger charge is -2.59. The molecule has 0 aliphatic carbocycles. The fraction of sp³-hybridized carbons (Fsp3) is 0.333. The molecule has 1 spiro atoms. The van der Waals surface area contributed by atoms with Crippen LogP contribution in [0.4, 0.5) is 11.5 Å². The summed E-state index contributed by atoms with van der Waals surface area (Å²) < 4.78 is 8.44. The average molecular weight is 530 g/mol. The van der Waals surface area contributed by atoms with Crippen molar-refractivity contribution in [2.24, 2.45) is 5.41 Å². The zero-order valence-corrected chi connectivity index (χ0v) is 21.7.